The van der Waals surface area contributed by atoms with Gasteiger partial charge in [-0.1, -0.05) is 40.2 Å². The Bertz CT molecular complexity index is 703. The van der Waals surface area contributed by atoms with Gasteiger partial charge in [0.25, 0.3) is 0 Å². The molecule has 0 saturated heterocycles. The number of benzene rings is 1. The van der Waals surface area contributed by atoms with Crippen molar-refractivity contribution < 1.29 is 0 Å². The molecule has 0 unspecified atom stereocenters. The Hall–Kier alpha value is -1.65. The lowest BCUT2D eigenvalue weighted by Gasteiger charge is -2.05. The fourth-order valence-corrected chi connectivity index (χ4v) is 2.46. The van der Waals surface area contributed by atoms with E-state index >= 15 is 0 Å². The van der Waals surface area contributed by atoms with Crippen LogP contribution in [0.15, 0.2) is 53.3 Å². The summed E-state index contributed by atoms with van der Waals surface area (Å²) in [5.41, 5.74) is 8.92. The molecular formula is C14H12BrN3. The van der Waals surface area contributed by atoms with Crippen LogP contribution < -0.4 is 5.73 Å². The second-order valence-electron chi connectivity index (χ2n) is 4.10. The summed E-state index contributed by atoms with van der Waals surface area (Å²) in [5.74, 6) is 0.924. The highest BCUT2D eigenvalue weighted by atomic mass is 79.9. The first-order chi connectivity index (χ1) is 8.79. The Balaban J connectivity index is 2.26. The number of rotatable bonds is 2. The number of aromatic nitrogens is 2. The van der Waals surface area contributed by atoms with E-state index in [1.54, 1.807) is 0 Å². The van der Waals surface area contributed by atoms with E-state index in [4.69, 9.17) is 5.73 Å². The van der Waals surface area contributed by atoms with Gasteiger partial charge in [-0.2, -0.15) is 0 Å². The van der Waals surface area contributed by atoms with Crippen LogP contribution in [-0.4, -0.2) is 9.38 Å². The van der Waals surface area contributed by atoms with Crippen LogP contribution in [0, 0.1) is 0 Å². The third-order valence-electron chi connectivity index (χ3n) is 2.94. The summed E-state index contributed by atoms with van der Waals surface area (Å²) in [4.78, 5) is 4.49. The molecule has 2 N–H and O–H groups in total. The minimum Gasteiger partial charge on any atom is -0.326 e. The molecule has 0 amide bonds. The molecule has 0 spiro atoms. The molecule has 1 aromatic carbocycles. The largest absolute Gasteiger partial charge is 0.326 e. The summed E-state index contributed by atoms with van der Waals surface area (Å²) in [7, 11) is 0. The van der Waals surface area contributed by atoms with Crippen molar-refractivity contribution in [3.05, 3.63) is 58.8 Å². The molecule has 90 valence electrons. The quantitative estimate of drug-likeness (QED) is 0.790. The molecule has 0 aliphatic heterocycles. The Labute approximate surface area is 113 Å². The highest BCUT2D eigenvalue weighted by Gasteiger charge is 2.09. The molecule has 2 heterocycles. The average molecular weight is 302 g/mol. The number of hydrogen-bond acceptors (Lipinski definition) is 2. The zero-order chi connectivity index (χ0) is 12.5. The van der Waals surface area contributed by atoms with Crippen LogP contribution in [0.25, 0.3) is 16.9 Å². The van der Waals surface area contributed by atoms with E-state index < -0.39 is 0 Å². The van der Waals surface area contributed by atoms with Crippen LogP contribution >= 0.6 is 15.9 Å². The Kier molecular flexibility index (Phi) is 2.89. The number of pyridine rings is 1. The van der Waals surface area contributed by atoms with Crippen molar-refractivity contribution in [2.45, 2.75) is 6.54 Å². The average Bonchev–Trinajstić information content (AvgIpc) is 2.82. The molecule has 4 heteroatoms. The van der Waals surface area contributed by atoms with E-state index in [0.717, 1.165) is 26.9 Å². The van der Waals surface area contributed by atoms with Crippen molar-refractivity contribution in [3.8, 4) is 11.4 Å². The molecule has 18 heavy (non-hydrogen) atoms. The molecule has 0 atom stereocenters. The maximum absolute atomic E-state index is 5.69. The van der Waals surface area contributed by atoms with Crippen LogP contribution in [0.4, 0.5) is 0 Å². The lowest BCUT2D eigenvalue weighted by molar-refractivity contribution is 1.03. The van der Waals surface area contributed by atoms with Gasteiger partial charge >= 0.3 is 0 Å². The topological polar surface area (TPSA) is 43.3 Å². The van der Waals surface area contributed by atoms with Crippen molar-refractivity contribution in [3.63, 3.8) is 0 Å². The Morgan fingerprint density at radius 2 is 2.00 bits per heavy atom. The highest BCUT2D eigenvalue weighted by molar-refractivity contribution is 9.10. The summed E-state index contributed by atoms with van der Waals surface area (Å²) >= 11 is 3.56. The Morgan fingerprint density at radius 1 is 1.17 bits per heavy atom. The first kappa shape index (κ1) is 11.4. The second-order valence-corrected chi connectivity index (χ2v) is 4.95. The van der Waals surface area contributed by atoms with Crippen molar-refractivity contribution in [2.75, 3.05) is 0 Å². The van der Waals surface area contributed by atoms with Crippen LogP contribution in [0.1, 0.15) is 5.56 Å². The van der Waals surface area contributed by atoms with Crippen LogP contribution in [0.5, 0.6) is 0 Å². The standard InChI is InChI=1S/C14H12BrN3/c15-13-4-2-1-3-12(13)14-17-8-11-6-5-10(7-16)9-18(11)14/h1-6,8-9H,7,16H2. The van der Waals surface area contributed by atoms with Gasteiger partial charge in [0.05, 0.1) is 11.7 Å². The summed E-state index contributed by atoms with van der Waals surface area (Å²) in [5, 5.41) is 0. The fraction of sp³-hybridized carbons (Fsp3) is 0.0714. The molecule has 2 aromatic heterocycles. The fourth-order valence-electron chi connectivity index (χ4n) is 2.00. The summed E-state index contributed by atoms with van der Waals surface area (Å²) in [6.45, 7) is 0.531. The van der Waals surface area contributed by atoms with Crippen LogP contribution in [-0.2, 0) is 6.54 Å². The molecule has 3 aromatic rings. The third-order valence-corrected chi connectivity index (χ3v) is 3.63. The minimum atomic E-state index is 0.531. The van der Waals surface area contributed by atoms with Gasteiger partial charge in [0.1, 0.15) is 5.82 Å². The number of fused-ring (bicyclic) bond motifs is 1. The lowest BCUT2D eigenvalue weighted by Crippen LogP contribution is -1.99. The van der Waals surface area contributed by atoms with Crippen molar-refractivity contribution in [1.29, 1.82) is 0 Å². The van der Waals surface area contributed by atoms with Gasteiger partial charge in [0, 0.05) is 22.8 Å². The second kappa shape index (κ2) is 4.55. The van der Waals surface area contributed by atoms with Crippen molar-refractivity contribution >= 4 is 21.4 Å². The number of nitrogens with two attached hydrogens (primary N) is 1. The van der Waals surface area contributed by atoms with E-state index in [-0.39, 0.29) is 0 Å². The van der Waals surface area contributed by atoms with Crippen LogP contribution in [0.2, 0.25) is 0 Å². The number of imidazole rings is 1. The normalized spacial score (nSPS) is 11.0. The molecule has 0 radical (unpaired) electrons. The highest BCUT2D eigenvalue weighted by Crippen LogP contribution is 2.27. The first-order valence-corrected chi connectivity index (χ1v) is 6.50. The number of nitrogens with zero attached hydrogens (tertiary/aromatic N) is 2. The number of hydrogen-bond donors (Lipinski definition) is 1. The van der Waals surface area contributed by atoms with Gasteiger partial charge in [-0.25, -0.2) is 4.98 Å². The van der Waals surface area contributed by atoms with Gasteiger partial charge in [-0.3, -0.25) is 4.40 Å². The van der Waals surface area contributed by atoms with E-state index in [2.05, 4.69) is 25.3 Å². The summed E-state index contributed by atoms with van der Waals surface area (Å²) in [6.07, 6.45) is 3.91. The van der Waals surface area contributed by atoms with Gasteiger partial charge in [0.15, 0.2) is 0 Å². The zero-order valence-electron chi connectivity index (χ0n) is 9.68. The maximum Gasteiger partial charge on any atom is 0.145 e. The maximum atomic E-state index is 5.69. The molecule has 3 nitrogen and oxygen atoms in total. The molecule has 0 saturated carbocycles. The van der Waals surface area contributed by atoms with Gasteiger partial charge in [-0.15, -0.1) is 0 Å². The Morgan fingerprint density at radius 3 is 2.78 bits per heavy atom. The smallest absolute Gasteiger partial charge is 0.145 e. The van der Waals surface area contributed by atoms with Gasteiger partial charge in [0.2, 0.25) is 0 Å². The third kappa shape index (κ3) is 1.83. The molecule has 0 aliphatic rings. The minimum absolute atomic E-state index is 0.531. The molecule has 0 aliphatic carbocycles. The van der Waals surface area contributed by atoms with Crippen LogP contribution in [0.3, 0.4) is 0 Å². The molecule has 3 rings (SSSR count). The molecule has 0 bridgehead atoms. The molecule has 0 fully saturated rings. The predicted octanol–water partition coefficient (Wildman–Crippen LogP) is 3.22. The zero-order valence-corrected chi connectivity index (χ0v) is 11.3. The van der Waals surface area contributed by atoms with Gasteiger partial charge in [-0.05, 0) is 17.7 Å². The summed E-state index contributed by atoms with van der Waals surface area (Å²) in [6, 6.07) is 12.1. The van der Waals surface area contributed by atoms with Gasteiger partial charge < -0.3 is 5.73 Å². The van der Waals surface area contributed by atoms with Crippen molar-refractivity contribution in [2.24, 2.45) is 5.73 Å². The first-order valence-electron chi connectivity index (χ1n) is 5.70. The van der Waals surface area contributed by atoms with E-state index in [1.165, 1.54) is 0 Å². The van der Waals surface area contributed by atoms with E-state index in [9.17, 15) is 0 Å². The number of halogens is 1. The molecular weight excluding hydrogens is 290 g/mol. The SMILES string of the molecule is NCc1ccc2cnc(-c3ccccc3Br)n2c1. The van der Waals surface area contributed by atoms with Crippen molar-refractivity contribution in [1.82, 2.24) is 9.38 Å². The van der Waals surface area contributed by atoms with E-state index in [0.29, 0.717) is 6.54 Å². The monoisotopic (exact) mass is 301 g/mol. The summed E-state index contributed by atoms with van der Waals surface area (Å²) < 4.78 is 3.11. The predicted molar refractivity (Wildman–Crippen MR) is 76.2 cm³/mol. The van der Waals surface area contributed by atoms with E-state index in [1.807, 2.05) is 48.8 Å². The lowest BCUT2D eigenvalue weighted by atomic mass is 10.2.